The summed E-state index contributed by atoms with van der Waals surface area (Å²) in [6, 6.07) is 6.28. The van der Waals surface area contributed by atoms with Gasteiger partial charge in [0.25, 0.3) is 0 Å². The van der Waals surface area contributed by atoms with Gasteiger partial charge in [-0.15, -0.1) is 0 Å². The maximum atomic E-state index is 6.06. The van der Waals surface area contributed by atoms with Crippen LogP contribution >= 0.6 is 11.6 Å². The van der Waals surface area contributed by atoms with E-state index in [0.29, 0.717) is 6.04 Å². The molecular formula is C9H11ClN2. The van der Waals surface area contributed by atoms with Gasteiger partial charge in [-0.25, -0.2) is 0 Å². The lowest BCUT2D eigenvalue weighted by Crippen LogP contribution is -2.31. The lowest BCUT2D eigenvalue weighted by Gasteiger charge is -2.26. The number of benzene rings is 1. The minimum atomic E-state index is 0.343. The first-order chi connectivity index (χ1) is 5.79. The fraction of sp³-hybridized carbons (Fsp3) is 0.333. The van der Waals surface area contributed by atoms with Gasteiger partial charge in [0.2, 0.25) is 0 Å². The van der Waals surface area contributed by atoms with Gasteiger partial charge in [-0.05, 0) is 19.1 Å². The zero-order chi connectivity index (χ0) is 8.55. The maximum Gasteiger partial charge on any atom is 0.0657 e. The second kappa shape index (κ2) is 2.96. The van der Waals surface area contributed by atoms with E-state index in [-0.39, 0.29) is 0 Å². The number of rotatable bonds is 0. The van der Waals surface area contributed by atoms with Gasteiger partial charge in [-0.2, -0.15) is 0 Å². The fourth-order valence-corrected chi connectivity index (χ4v) is 1.87. The molecule has 1 unspecified atom stereocenters. The van der Waals surface area contributed by atoms with Crippen LogP contribution < -0.4 is 10.6 Å². The first-order valence-electron chi connectivity index (χ1n) is 4.04. The Morgan fingerprint density at radius 3 is 3.08 bits per heavy atom. The smallest absolute Gasteiger partial charge is 0.0657 e. The Kier molecular flexibility index (Phi) is 1.95. The molecule has 1 aliphatic rings. The fourth-order valence-electron chi connectivity index (χ4n) is 1.53. The van der Waals surface area contributed by atoms with E-state index in [1.807, 2.05) is 12.1 Å². The topological polar surface area (TPSA) is 24.1 Å². The van der Waals surface area contributed by atoms with E-state index in [4.69, 9.17) is 11.6 Å². The van der Waals surface area contributed by atoms with Crippen LogP contribution in [0.5, 0.6) is 0 Å². The quantitative estimate of drug-likeness (QED) is 0.644. The molecule has 0 amide bonds. The van der Waals surface area contributed by atoms with Gasteiger partial charge in [0.05, 0.1) is 6.67 Å². The molecule has 2 nitrogen and oxygen atoms in total. The zero-order valence-electron chi connectivity index (χ0n) is 6.89. The van der Waals surface area contributed by atoms with Crippen LogP contribution in [0.25, 0.3) is 0 Å². The summed E-state index contributed by atoms with van der Waals surface area (Å²) in [7, 11) is 0. The van der Waals surface area contributed by atoms with E-state index in [1.54, 1.807) is 0 Å². The van der Waals surface area contributed by atoms with Crippen molar-refractivity contribution in [2.45, 2.75) is 13.0 Å². The van der Waals surface area contributed by atoms with Gasteiger partial charge in [-0.1, -0.05) is 17.7 Å². The Labute approximate surface area is 76.9 Å². The van der Waals surface area contributed by atoms with E-state index < -0.39 is 0 Å². The summed E-state index contributed by atoms with van der Waals surface area (Å²) in [5, 5.41) is 7.35. The molecule has 1 aliphatic heterocycles. The van der Waals surface area contributed by atoms with Crippen molar-refractivity contribution >= 4 is 17.3 Å². The van der Waals surface area contributed by atoms with Crippen molar-refractivity contribution in [3.63, 3.8) is 0 Å². The number of hydrogen-bond donors (Lipinski definition) is 2. The van der Waals surface area contributed by atoms with E-state index in [1.165, 1.54) is 5.56 Å². The van der Waals surface area contributed by atoms with Gasteiger partial charge in [-0.3, -0.25) is 5.32 Å². The second-order valence-corrected chi connectivity index (χ2v) is 3.39. The molecule has 0 saturated carbocycles. The summed E-state index contributed by atoms with van der Waals surface area (Å²) in [4.78, 5) is 0. The maximum absolute atomic E-state index is 6.06. The van der Waals surface area contributed by atoms with Crippen LogP contribution in [0.1, 0.15) is 18.5 Å². The van der Waals surface area contributed by atoms with Crippen LogP contribution in [0.3, 0.4) is 0 Å². The average molecular weight is 183 g/mol. The highest BCUT2D eigenvalue weighted by Crippen LogP contribution is 2.31. The number of halogens is 1. The predicted molar refractivity (Wildman–Crippen MR) is 51.5 cm³/mol. The first-order valence-corrected chi connectivity index (χ1v) is 4.42. The third-order valence-electron chi connectivity index (χ3n) is 2.17. The lowest BCUT2D eigenvalue weighted by molar-refractivity contribution is 0.584. The van der Waals surface area contributed by atoms with Crippen LogP contribution in [-0.2, 0) is 0 Å². The van der Waals surface area contributed by atoms with Crippen molar-refractivity contribution < 1.29 is 0 Å². The minimum absolute atomic E-state index is 0.343. The summed E-state index contributed by atoms with van der Waals surface area (Å²) in [6.45, 7) is 2.93. The van der Waals surface area contributed by atoms with Crippen molar-refractivity contribution in [1.29, 1.82) is 0 Å². The molecule has 1 atom stereocenters. The number of hydrogen-bond acceptors (Lipinski definition) is 2. The third kappa shape index (κ3) is 1.17. The number of fused-ring (bicyclic) bond motifs is 1. The predicted octanol–water partition coefficient (Wildman–Crippen LogP) is 2.37. The molecule has 2 N–H and O–H groups in total. The molecule has 1 heterocycles. The summed E-state index contributed by atoms with van der Waals surface area (Å²) in [5.74, 6) is 0. The second-order valence-electron chi connectivity index (χ2n) is 2.98. The monoisotopic (exact) mass is 182 g/mol. The highest BCUT2D eigenvalue weighted by molar-refractivity contribution is 6.31. The van der Waals surface area contributed by atoms with Crippen molar-refractivity contribution in [3.8, 4) is 0 Å². The Balaban J connectivity index is 2.53. The van der Waals surface area contributed by atoms with E-state index in [2.05, 4.69) is 23.6 Å². The summed E-state index contributed by atoms with van der Waals surface area (Å²) in [6.07, 6.45) is 0. The largest absolute Gasteiger partial charge is 0.372 e. The summed E-state index contributed by atoms with van der Waals surface area (Å²) < 4.78 is 0. The Hall–Kier alpha value is -0.730. The Bertz CT molecular complexity index is 299. The standard InChI is InChI=1S/C9H11ClN2/c1-6-9-7(10)3-2-4-8(9)12-5-11-6/h2-4,6,11-12H,5H2,1H3. The third-order valence-corrected chi connectivity index (χ3v) is 2.50. The van der Waals surface area contributed by atoms with Gasteiger partial charge in [0, 0.05) is 22.3 Å². The van der Waals surface area contributed by atoms with Crippen molar-refractivity contribution in [2.75, 3.05) is 12.0 Å². The zero-order valence-corrected chi connectivity index (χ0v) is 7.65. The number of nitrogens with one attached hydrogen (secondary N) is 2. The molecule has 3 heteroatoms. The normalized spacial score (nSPS) is 21.3. The highest BCUT2D eigenvalue weighted by atomic mass is 35.5. The van der Waals surface area contributed by atoms with E-state index in [9.17, 15) is 0 Å². The molecule has 1 aromatic carbocycles. The summed E-state index contributed by atoms with van der Waals surface area (Å²) >= 11 is 6.06. The first kappa shape index (κ1) is 7.90. The minimum Gasteiger partial charge on any atom is -0.372 e. The SMILES string of the molecule is CC1NCNc2cccc(Cl)c21. The summed E-state index contributed by atoms with van der Waals surface area (Å²) in [5.41, 5.74) is 2.32. The molecular weight excluding hydrogens is 172 g/mol. The molecule has 0 radical (unpaired) electrons. The van der Waals surface area contributed by atoms with Crippen molar-refractivity contribution in [3.05, 3.63) is 28.8 Å². The lowest BCUT2D eigenvalue weighted by atomic mass is 10.0. The molecule has 0 saturated heterocycles. The van der Waals surface area contributed by atoms with Crippen LogP contribution in [0, 0.1) is 0 Å². The molecule has 0 bridgehead atoms. The van der Waals surface area contributed by atoms with Gasteiger partial charge < -0.3 is 5.32 Å². The van der Waals surface area contributed by atoms with Gasteiger partial charge in [0.15, 0.2) is 0 Å². The van der Waals surface area contributed by atoms with Gasteiger partial charge in [0.1, 0.15) is 0 Å². The molecule has 2 rings (SSSR count). The average Bonchev–Trinajstić information content (AvgIpc) is 2.04. The Morgan fingerprint density at radius 1 is 1.50 bits per heavy atom. The molecule has 0 aliphatic carbocycles. The van der Waals surface area contributed by atoms with Crippen molar-refractivity contribution in [1.82, 2.24) is 5.32 Å². The van der Waals surface area contributed by atoms with Crippen LogP contribution in [-0.4, -0.2) is 6.67 Å². The van der Waals surface area contributed by atoms with Crippen LogP contribution in [0.4, 0.5) is 5.69 Å². The van der Waals surface area contributed by atoms with Crippen LogP contribution in [0.2, 0.25) is 5.02 Å². The number of anilines is 1. The van der Waals surface area contributed by atoms with Gasteiger partial charge >= 0.3 is 0 Å². The molecule has 0 aromatic heterocycles. The van der Waals surface area contributed by atoms with E-state index in [0.717, 1.165) is 17.4 Å². The van der Waals surface area contributed by atoms with Crippen LogP contribution in [0.15, 0.2) is 18.2 Å². The molecule has 12 heavy (non-hydrogen) atoms. The molecule has 1 aromatic rings. The molecule has 0 spiro atoms. The molecule has 0 fully saturated rings. The van der Waals surface area contributed by atoms with E-state index >= 15 is 0 Å². The highest BCUT2D eigenvalue weighted by Gasteiger charge is 2.17. The van der Waals surface area contributed by atoms with Crippen molar-refractivity contribution in [2.24, 2.45) is 0 Å². The molecule has 64 valence electrons. The Morgan fingerprint density at radius 2 is 2.33 bits per heavy atom.